The van der Waals surface area contributed by atoms with Gasteiger partial charge >= 0.3 is 5.97 Å². The van der Waals surface area contributed by atoms with Crippen LogP contribution in [0.2, 0.25) is 5.02 Å². The molecular formula is C32H33Cl2NO4. The monoisotopic (exact) mass is 565 g/mol. The maximum absolute atomic E-state index is 12.1. The number of fused-ring (bicyclic) bond motifs is 2. The molecule has 1 aliphatic carbocycles. The molecule has 0 heterocycles. The summed E-state index contributed by atoms with van der Waals surface area (Å²) < 4.78 is 11.2. The van der Waals surface area contributed by atoms with Crippen molar-refractivity contribution < 1.29 is 19.4 Å². The first-order valence-electron chi connectivity index (χ1n) is 13.1. The third-order valence-corrected chi connectivity index (χ3v) is 7.33. The van der Waals surface area contributed by atoms with Crippen LogP contribution in [-0.4, -0.2) is 36.9 Å². The van der Waals surface area contributed by atoms with Gasteiger partial charge < -0.3 is 19.9 Å². The van der Waals surface area contributed by atoms with Crippen molar-refractivity contribution >= 4 is 40.7 Å². The van der Waals surface area contributed by atoms with Crippen LogP contribution in [0.3, 0.4) is 0 Å². The first-order chi connectivity index (χ1) is 18.5. The number of hydrogen-bond donors (Lipinski definition) is 2. The van der Waals surface area contributed by atoms with Crippen molar-refractivity contribution in [3.05, 3.63) is 101 Å². The average Bonchev–Trinajstić information content (AvgIpc) is 2.94. The molecule has 1 aliphatic rings. The zero-order valence-electron chi connectivity index (χ0n) is 21.9. The normalized spacial score (nSPS) is 15.2. The Morgan fingerprint density at radius 2 is 1.90 bits per heavy atom. The molecule has 2 N–H and O–H groups in total. The van der Waals surface area contributed by atoms with Gasteiger partial charge in [0.2, 0.25) is 0 Å². The van der Waals surface area contributed by atoms with Crippen molar-refractivity contribution in [1.29, 1.82) is 0 Å². The Balaban J connectivity index is 0.00000353. The highest BCUT2D eigenvalue weighted by Gasteiger charge is 2.21. The van der Waals surface area contributed by atoms with Crippen LogP contribution < -0.4 is 10.1 Å². The van der Waals surface area contributed by atoms with Gasteiger partial charge in [0, 0.05) is 28.6 Å². The Bertz CT molecular complexity index is 1440. The smallest absolute Gasteiger partial charge is 0.344 e. The first kappa shape index (κ1) is 28.9. The Hall–Kier alpha value is -3.09. The Kier molecular flexibility index (Phi) is 9.87. The SMILES string of the molecule is CCOC(=O)COc1c(-c2ccc3c(c2)CC(NCC(O)c2cccc(Cl)c2)CC3)ccc2ccccc12.Cl. The Morgan fingerprint density at radius 1 is 1.05 bits per heavy atom. The summed E-state index contributed by atoms with van der Waals surface area (Å²) in [7, 11) is 0. The zero-order chi connectivity index (χ0) is 26.5. The molecule has 0 amide bonds. The predicted molar refractivity (Wildman–Crippen MR) is 159 cm³/mol. The van der Waals surface area contributed by atoms with Crippen LogP contribution in [0.5, 0.6) is 5.75 Å². The van der Waals surface area contributed by atoms with Crippen LogP contribution in [0, 0.1) is 0 Å². The molecule has 0 aromatic heterocycles. The lowest BCUT2D eigenvalue weighted by atomic mass is 9.86. The van der Waals surface area contributed by atoms with Crippen LogP contribution >= 0.6 is 24.0 Å². The first-order valence-corrected chi connectivity index (χ1v) is 13.5. The second kappa shape index (κ2) is 13.3. The minimum atomic E-state index is -0.613. The minimum Gasteiger partial charge on any atom is -0.481 e. The van der Waals surface area contributed by atoms with Crippen molar-refractivity contribution in [3.63, 3.8) is 0 Å². The van der Waals surface area contributed by atoms with Crippen molar-refractivity contribution in [2.24, 2.45) is 0 Å². The summed E-state index contributed by atoms with van der Waals surface area (Å²) in [6.45, 7) is 2.44. The molecular weight excluding hydrogens is 533 g/mol. The summed E-state index contributed by atoms with van der Waals surface area (Å²) in [6, 6.07) is 26.4. The molecule has 0 radical (unpaired) electrons. The molecule has 4 aromatic carbocycles. The number of aliphatic hydroxyl groups excluding tert-OH is 1. The van der Waals surface area contributed by atoms with Gasteiger partial charge in [-0.2, -0.15) is 0 Å². The zero-order valence-corrected chi connectivity index (χ0v) is 23.4. The van der Waals surface area contributed by atoms with Gasteiger partial charge in [0.15, 0.2) is 6.61 Å². The quantitative estimate of drug-likeness (QED) is 0.221. The fourth-order valence-electron chi connectivity index (χ4n) is 5.17. The summed E-state index contributed by atoms with van der Waals surface area (Å²) in [6.07, 6.45) is 2.25. The summed E-state index contributed by atoms with van der Waals surface area (Å²) >= 11 is 6.09. The Morgan fingerprint density at radius 3 is 2.72 bits per heavy atom. The van der Waals surface area contributed by atoms with Crippen LogP contribution in [0.1, 0.15) is 36.1 Å². The topological polar surface area (TPSA) is 67.8 Å². The van der Waals surface area contributed by atoms with E-state index in [0.717, 1.165) is 46.7 Å². The van der Waals surface area contributed by atoms with Crippen molar-refractivity contribution in [2.45, 2.75) is 38.3 Å². The number of nitrogens with one attached hydrogen (secondary N) is 1. The number of aryl methyl sites for hydroxylation is 1. The van der Waals surface area contributed by atoms with Gasteiger partial charge in [-0.1, -0.05) is 78.3 Å². The standard InChI is InChI=1S/C32H32ClNO4.ClH/c1-2-37-31(36)20-38-32-28-9-4-3-6-22(28)13-15-29(32)23-11-10-21-12-14-27(18-25(21)16-23)34-19-30(35)24-7-5-8-26(33)17-24;/h3-11,13,15-17,27,30,34-35H,2,12,14,18-20H2,1H3;1H. The molecule has 0 fully saturated rings. The Labute approximate surface area is 240 Å². The van der Waals surface area contributed by atoms with Crippen LogP contribution in [0.25, 0.3) is 21.9 Å². The fourth-order valence-corrected chi connectivity index (χ4v) is 5.37. The van der Waals surface area contributed by atoms with E-state index in [0.29, 0.717) is 23.9 Å². The van der Waals surface area contributed by atoms with Gasteiger partial charge in [-0.05, 0) is 66.0 Å². The second-order valence-electron chi connectivity index (χ2n) is 9.66. The number of halogens is 2. The molecule has 5 rings (SSSR count). The molecule has 2 unspecified atom stereocenters. The van der Waals surface area contributed by atoms with Gasteiger partial charge in [-0.25, -0.2) is 4.79 Å². The van der Waals surface area contributed by atoms with E-state index in [9.17, 15) is 9.90 Å². The number of ether oxygens (including phenoxy) is 2. The van der Waals surface area contributed by atoms with Crippen molar-refractivity contribution in [1.82, 2.24) is 5.32 Å². The number of carbonyl (C=O) groups is 1. The van der Waals surface area contributed by atoms with Gasteiger partial charge in [0.25, 0.3) is 0 Å². The highest BCUT2D eigenvalue weighted by atomic mass is 35.5. The molecule has 5 nitrogen and oxygen atoms in total. The minimum absolute atomic E-state index is 0. The third kappa shape index (κ3) is 6.92. The summed E-state index contributed by atoms with van der Waals surface area (Å²) in [5, 5.41) is 16.8. The van der Waals surface area contributed by atoms with E-state index in [1.165, 1.54) is 11.1 Å². The molecule has 0 saturated carbocycles. The molecule has 0 aliphatic heterocycles. The van der Waals surface area contributed by atoms with Crippen LogP contribution in [0.15, 0.2) is 78.9 Å². The molecule has 0 spiro atoms. The number of esters is 1. The van der Waals surface area contributed by atoms with E-state index in [-0.39, 0.29) is 31.0 Å². The van der Waals surface area contributed by atoms with Crippen molar-refractivity contribution in [2.75, 3.05) is 19.8 Å². The van der Waals surface area contributed by atoms with Gasteiger partial charge in [0.1, 0.15) is 5.75 Å². The predicted octanol–water partition coefficient (Wildman–Crippen LogP) is 6.70. The highest BCUT2D eigenvalue weighted by molar-refractivity contribution is 6.30. The van der Waals surface area contributed by atoms with Gasteiger partial charge in [0.05, 0.1) is 12.7 Å². The maximum Gasteiger partial charge on any atom is 0.344 e. The third-order valence-electron chi connectivity index (χ3n) is 7.10. The number of rotatable bonds is 9. The number of aliphatic hydroxyl groups is 1. The molecule has 39 heavy (non-hydrogen) atoms. The van der Waals surface area contributed by atoms with E-state index in [1.807, 2.05) is 48.5 Å². The second-order valence-corrected chi connectivity index (χ2v) is 10.1. The summed E-state index contributed by atoms with van der Waals surface area (Å²) in [5.74, 6) is 0.303. The van der Waals surface area contributed by atoms with E-state index in [4.69, 9.17) is 21.1 Å². The highest BCUT2D eigenvalue weighted by Crippen LogP contribution is 2.38. The van der Waals surface area contributed by atoms with E-state index in [1.54, 1.807) is 6.92 Å². The van der Waals surface area contributed by atoms with E-state index in [2.05, 4.69) is 35.6 Å². The van der Waals surface area contributed by atoms with Gasteiger partial charge in [-0.15, -0.1) is 12.4 Å². The molecule has 204 valence electrons. The van der Waals surface area contributed by atoms with E-state index < -0.39 is 6.10 Å². The van der Waals surface area contributed by atoms with Crippen LogP contribution in [0.4, 0.5) is 0 Å². The lowest BCUT2D eigenvalue weighted by molar-refractivity contribution is -0.145. The molecule has 2 atom stereocenters. The molecule has 0 bridgehead atoms. The number of benzene rings is 4. The largest absolute Gasteiger partial charge is 0.481 e. The fraction of sp³-hybridized carbons (Fsp3) is 0.281. The lowest BCUT2D eigenvalue weighted by Gasteiger charge is -2.27. The molecule has 4 aromatic rings. The number of hydrogen-bond acceptors (Lipinski definition) is 5. The summed E-state index contributed by atoms with van der Waals surface area (Å²) in [5.41, 5.74) is 5.44. The van der Waals surface area contributed by atoms with Crippen LogP contribution in [-0.2, 0) is 22.4 Å². The summed E-state index contributed by atoms with van der Waals surface area (Å²) in [4.78, 5) is 12.1. The average molecular weight is 567 g/mol. The van der Waals surface area contributed by atoms with E-state index >= 15 is 0 Å². The van der Waals surface area contributed by atoms with Crippen molar-refractivity contribution in [3.8, 4) is 16.9 Å². The lowest BCUT2D eigenvalue weighted by Crippen LogP contribution is -2.37. The maximum atomic E-state index is 12.1. The number of carbonyl (C=O) groups excluding carboxylic acids is 1. The van der Waals surface area contributed by atoms with Gasteiger partial charge in [-0.3, -0.25) is 0 Å². The molecule has 0 saturated heterocycles. The molecule has 7 heteroatoms.